The molecule has 21 heavy (non-hydrogen) atoms. The lowest BCUT2D eigenvalue weighted by molar-refractivity contribution is 0.555. The number of anilines is 1. The maximum absolute atomic E-state index is 12.4. The van der Waals surface area contributed by atoms with Crippen molar-refractivity contribution in [3.05, 3.63) is 34.8 Å². The zero-order chi connectivity index (χ0) is 15.5. The van der Waals surface area contributed by atoms with E-state index in [-0.39, 0.29) is 6.04 Å². The second kappa shape index (κ2) is 6.64. The molecule has 2 heterocycles. The van der Waals surface area contributed by atoms with Gasteiger partial charge in [0.15, 0.2) is 0 Å². The van der Waals surface area contributed by atoms with Crippen molar-refractivity contribution in [2.45, 2.75) is 38.3 Å². The van der Waals surface area contributed by atoms with Gasteiger partial charge in [-0.15, -0.1) is 0 Å². The summed E-state index contributed by atoms with van der Waals surface area (Å²) in [5, 5.41) is 6.85. The van der Waals surface area contributed by atoms with Crippen molar-refractivity contribution in [1.82, 2.24) is 9.88 Å². The maximum atomic E-state index is 12.4. The van der Waals surface area contributed by atoms with E-state index in [1.54, 1.807) is 23.7 Å². The van der Waals surface area contributed by atoms with Gasteiger partial charge in [-0.2, -0.15) is 11.3 Å². The fraction of sp³-hybridized carbons (Fsp3) is 0.429. The first-order valence-electron chi connectivity index (χ1n) is 6.90. The number of nitrogens with one attached hydrogen (secondary N) is 2. The molecule has 0 atom stereocenters. The first-order valence-corrected chi connectivity index (χ1v) is 9.33. The van der Waals surface area contributed by atoms with Gasteiger partial charge in [0.25, 0.3) is 10.0 Å². The summed E-state index contributed by atoms with van der Waals surface area (Å²) in [7, 11) is -3.54. The summed E-state index contributed by atoms with van der Waals surface area (Å²) >= 11 is 1.46. The fourth-order valence-corrected chi connectivity index (χ4v) is 3.82. The number of nitrogens with zero attached hydrogens (tertiary/aromatic N) is 1. The molecule has 0 spiro atoms. The average molecular weight is 327 g/mol. The molecule has 0 saturated heterocycles. The van der Waals surface area contributed by atoms with Crippen molar-refractivity contribution < 1.29 is 8.42 Å². The van der Waals surface area contributed by atoms with Crippen LogP contribution >= 0.6 is 11.3 Å². The smallest absolute Gasteiger partial charge is 0.263 e. The SMILES string of the molecule is CCNCc1cc(S(=O)(=O)Nc2ccsc2)cn1C(C)C. The standard InChI is InChI=1S/C14H21N3O2S2/c1-4-15-8-13-7-14(9-17(13)11(2)3)21(18,19)16-12-5-6-20-10-12/h5-7,9-11,15-16H,4,8H2,1-3H3. The van der Waals surface area contributed by atoms with Crippen LogP contribution in [-0.4, -0.2) is 19.5 Å². The van der Waals surface area contributed by atoms with Crippen molar-refractivity contribution in [3.63, 3.8) is 0 Å². The minimum Gasteiger partial charge on any atom is -0.346 e. The molecule has 0 unspecified atom stereocenters. The van der Waals surface area contributed by atoms with Crippen LogP contribution in [-0.2, 0) is 16.6 Å². The number of rotatable bonds is 7. The summed E-state index contributed by atoms with van der Waals surface area (Å²) < 4.78 is 29.4. The van der Waals surface area contributed by atoms with Crippen molar-refractivity contribution in [2.24, 2.45) is 0 Å². The maximum Gasteiger partial charge on any atom is 0.263 e. The molecule has 0 bridgehead atoms. The first kappa shape index (κ1) is 16.1. The Balaban J connectivity index is 2.30. The van der Waals surface area contributed by atoms with Gasteiger partial charge in [0.1, 0.15) is 4.90 Å². The van der Waals surface area contributed by atoms with Gasteiger partial charge in [0.2, 0.25) is 0 Å². The zero-order valence-corrected chi connectivity index (χ0v) is 14.1. The molecule has 0 fully saturated rings. The highest BCUT2D eigenvalue weighted by Crippen LogP contribution is 2.22. The van der Waals surface area contributed by atoms with Gasteiger partial charge in [-0.3, -0.25) is 4.72 Å². The second-order valence-electron chi connectivity index (χ2n) is 5.07. The number of sulfonamides is 1. The van der Waals surface area contributed by atoms with Gasteiger partial charge < -0.3 is 9.88 Å². The molecular formula is C14H21N3O2S2. The Morgan fingerprint density at radius 2 is 2.14 bits per heavy atom. The van der Waals surface area contributed by atoms with Gasteiger partial charge in [-0.1, -0.05) is 6.92 Å². The third-order valence-electron chi connectivity index (χ3n) is 3.10. The van der Waals surface area contributed by atoms with E-state index in [0.29, 0.717) is 17.1 Å². The van der Waals surface area contributed by atoms with Crippen LogP contribution in [0.15, 0.2) is 34.0 Å². The summed E-state index contributed by atoms with van der Waals surface area (Å²) in [6.45, 7) is 7.61. The predicted molar refractivity (Wildman–Crippen MR) is 87.3 cm³/mol. The Bertz CT molecular complexity index is 673. The Morgan fingerprint density at radius 1 is 1.38 bits per heavy atom. The van der Waals surface area contributed by atoms with E-state index in [2.05, 4.69) is 10.0 Å². The van der Waals surface area contributed by atoms with E-state index in [1.165, 1.54) is 11.3 Å². The molecule has 0 radical (unpaired) electrons. The molecule has 0 aliphatic heterocycles. The highest BCUT2D eigenvalue weighted by atomic mass is 32.2. The molecule has 0 aliphatic rings. The van der Waals surface area contributed by atoms with E-state index in [9.17, 15) is 8.42 Å². The van der Waals surface area contributed by atoms with Crippen molar-refractivity contribution >= 4 is 27.0 Å². The predicted octanol–water partition coefficient (Wildman–Crippen LogP) is 3.04. The van der Waals surface area contributed by atoms with Crippen LogP contribution in [0.5, 0.6) is 0 Å². The van der Waals surface area contributed by atoms with Crippen LogP contribution in [0.25, 0.3) is 0 Å². The summed E-state index contributed by atoms with van der Waals surface area (Å²) in [6, 6.07) is 3.70. The molecule has 7 heteroatoms. The molecule has 116 valence electrons. The van der Waals surface area contributed by atoms with Crippen molar-refractivity contribution in [1.29, 1.82) is 0 Å². The zero-order valence-electron chi connectivity index (χ0n) is 12.5. The molecule has 2 aromatic rings. The molecule has 2 N–H and O–H groups in total. The molecule has 2 rings (SSSR count). The Hall–Kier alpha value is -1.31. The van der Waals surface area contributed by atoms with E-state index in [4.69, 9.17) is 0 Å². The third-order valence-corrected chi connectivity index (χ3v) is 5.13. The van der Waals surface area contributed by atoms with Crippen LogP contribution in [0.1, 0.15) is 32.5 Å². The highest BCUT2D eigenvalue weighted by Gasteiger charge is 2.19. The summed E-state index contributed by atoms with van der Waals surface area (Å²) in [6.07, 6.45) is 1.70. The van der Waals surface area contributed by atoms with Gasteiger partial charge >= 0.3 is 0 Å². The first-order chi connectivity index (χ1) is 9.94. The molecule has 2 aromatic heterocycles. The Morgan fingerprint density at radius 3 is 2.71 bits per heavy atom. The van der Waals surface area contributed by atoms with E-state index in [1.807, 2.05) is 30.7 Å². The Labute approximate surface area is 130 Å². The van der Waals surface area contributed by atoms with E-state index < -0.39 is 10.0 Å². The largest absolute Gasteiger partial charge is 0.346 e. The average Bonchev–Trinajstić information content (AvgIpc) is 3.04. The molecule has 0 saturated carbocycles. The molecule has 0 aromatic carbocycles. The van der Waals surface area contributed by atoms with Crippen molar-refractivity contribution in [3.8, 4) is 0 Å². The monoisotopic (exact) mass is 327 g/mol. The summed E-state index contributed by atoms with van der Waals surface area (Å²) in [4.78, 5) is 0.301. The minimum absolute atomic E-state index is 0.212. The second-order valence-corrected chi connectivity index (χ2v) is 7.53. The van der Waals surface area contributed by atoms with E-state index >= 15 is 0 Å². The lowest BCUT2D eigenvalue weighted by Crippen LogP contribution is -2.15. The normalized spacial score (nSPS) is 12.0. The van der Waals surface area contributed by atoms with Gasteiger partial charge in [-0.05, 0) is 37.9 Å². The molecule has 0 aliphatic carbocycles. The molecule has 0 amide bonds. The topological polar surface area (TPSA) is 63.1 Å². The molecular weight excluding hydrogens is 306 g/mol. The lowest BCUT2D eigenvalue weighted by Gasteiger charge is -2.12. The van der Waals surface area contributed by atoms with Crippen LogP contribution in [0.4, 0.5) is 5.69 Å². The van der Waals surface area contributed by atoms with Crippen LogP contribution < -0.4 is 10.0 Å². The fourth-order valence-electron chi connectivity index (χ4n) is 2.06. The minimum atomic E-state index is -3.54. The van der Waals surface area contributed by atoms with Crippen LogP contribution in [0, 0.1) is 0 Å². The number of thiophene rings is 1. The van der Waals surface area contributed by atoms with Gasteiger partial charge in [0.05, 0.1) is 5.69 Å². The van der Waals surface area contributed by atoms with Gasteiger partial charge in [-0.25, -0.2) is 8.42 Å². The summed E-state index contributed by atoms with van der Waals surface area (Å²) in [5.74, 6) is 0. The number of hydrogen-bond acceptors (Lipinski definition) is 4. The van der Waals surface area contributed by atoms with E-state index in [0.717, 1.165) is 12.2 Å². The highest BCUT2D eigenvalue weighted by molar-refractivity contribution is 7.92. The lowest BCUT2D eigenvalue weighted by atomic mass is 10.3. The third kappa shape index (κ3) is 3.87. The quantitative estimate of drug-likeness (QED) is 0.821. The molecule has 5 nitrogen and oxygen atoms in total. The Kier molecular flexibility index (Phi) is 5.08. The van der Waals surface area contributed by atoms with Gasteiger partial charge in [0, 0.05) is 29.9 Å². The van der Waals surface area contributed by atoms with Crippen LogP contribution in [0.2, 0.25) is 0 Å². The number of hydrogen-bond donors (Lipinski definition) is 2. The summed E-state index contributed by atoms with van der Waals surface area (Å²) in [5.41, 5.74) is 1.57. The number of aromatic nitrogens is 1. The van der Waals surface area contributed by atoms with Crippen molar-refractivity contribution in [2.75, 3.05) is 11.3 Å². The van der Waals surface area contributed by atoms with Crippen LogP contribution in [0.3, 0.4) is 0 Å².